The molecule has 0 N–H and O–H groups in total. The summed E-state index contributed by atoms with van der Waals surface area (Å²) in [5.41, 5.74) is -0.644. The van der Waals surface area contributed by atoms with E-state index < -0.39 is 23.3 Å². The van der Waals surface area contributed by atoms with Crippen LogP contribution in [-0.4, -0.2) is 31.9 Å². The minimum Gasteiger partial charge on any atom is -0.469 e. The first-order valence-electron chi connectivity index (χ1n) is 5.43. The van der Waals surface area contributed by atoms with Crippen molar-refractivity contribution in [1.29, 1.82) is 0 Å². The van der Waals surface area contributed by atoms with Gasteiger partial charge in [0, 0.05) is 11.8 Å². The Morgan fingerprint density at radius 3 is 1.94 bits per heavy atom. The Bertz CT molecular complexity index is 301. The van der Waals surface area contributed by atoms with Crippen LogP contribution in [0, 0.1) is 11.3 Å². The third-order valence-electron chi connectivity index (χ3n) is 2.41. The molecular formula is C12H20O5. The fourth-order valence-electron chi connectivity index (χ4n) is 1.39. The number of carbonyl (C=O) groups excluding carboxylic acids is 3. The maximum absolute atomic E-state index is 12.0. The quantitative estimate of drug-likeness (QED) is 0.539. The summed E-state index contributed by atoms with van der Waals surface area (Å²) in [6, 6.07) is 0. The molecule has 0 radical (unpaired) electrons. The minimum absolute atomic E-state index is 0.0259. The number of esters is 2. The lowest BCUT2D eigenvalue weighted by atomic mass is 9.81. The van der Waals surface area contributed by atoms with Gasteiger partial charge in [-0.3, -0.25) is 14.4 Å². The van der Waals surface area contributed by atoms with Crippen LogP contribution in [0.1, 0.15) is 33.6 Å². The summed E-state index contributed by atoms with van der Waals surface area (Å²) < 4.78 is 9.06. The van der Waals surface area contributed by atoms with Gasteiger partial charge in [0.25, 0.3) is 0 Å². The Hall–Kier alpha value is -1.39. The molecule has 0 saturated carbocycles. The highest BCUT2D eigenvalue weighted by Gasteiger charge is 2.35. The van der Waals surface area contributed by atoms with Gasteiger partial charge < -0.3 is 9.47 Å². The third kappa shape index (κ3) is 4.97. The van der Waals surface area contributed by atoms with Crippen LogP contribution in [-0.2, 0) is 23.9 Å². The summed E-state index contributed by atoms with van der Waals surface area (Å²) in [6.07, 6.45) is 0.146. The predicted octanol–water partition coefficient (Wildman–Crippen LogP) is 1.34. The molecule has 0 fully saturated rings. The predicted molar refractivity (Wildman–Crippen MR) is 61.2 cm³/mol. The highest BCUT2D eigenvalue weighted by Crippen LogP contribution is 2.24. The van der Waals surface area contributed by atoms with E-state index in [0.29, 0.717) is 0 Å². The molecule has 0 bridgehead atoms. The second-order valence-electron chi connectivity index (χ2n) is 4.80. The highest BCUT2D eigenvalue weighted by atomic mass is 16.5. The van der Waals surface area contributed by atoms with Crippen LogP contribution >= 0.6 is 0 Å². The number of hydrogen-bond acceptors (Lipinski definition) is 5. The zero-order chi connectivity index (χ0) is 13.6. The van der Waals surface area contributed by atoms with E-state index in [-0.39, 0.29) is 18.6 Å². The number of carbonyl (C=O) groups is 3. The largest absolute Gasteiger partial charge is 0.469 e. The average Bonchev–Trinajstić information content (AvgIpc) is 2.26. The Labute approximate surface area is 101 Å². The summed E-state index contributed by atoms with van der Waals surface area (Å²) in [5.74, 6) is -2.18. The lowest BCUT2D eigenvalue weighted by molar-refractivity contribution is -0.152. The third-order valence-corrected chi connectivity index (χ3v) is 2.41. The highest BCUT2D eigenvalue weighted by molar-refractivity contribution is 6.01. The van der Waals surface area contributed by atoms with Gasteiger partial charge in [-0.2, -0.15) is 0 Å². The van der Waals surface area contributed by atoms with Gasteiger partial charge in [-0.15, -0.1) is 0 Å². The lowest BCUT2D eigenvalue weighted by Crippen LogP contribution is -2.34. The molecule has 5 nitrogen and oxygen atoms in total. The fourth-order valence-corrected chi connectivity index (χ4v) is 1.39. The lowest BCUT2D eigenvalue weighted by Gasteiger charge is -2.22. The molecule has 98 valence electrons. The number of Topliss-reactive ketones (excluding diaryl/α,β-unsaturated/α-hetero) is 1. The van der Waals surface area contributed by atoms with Crippen LogP contribution in [0.4, 0.5) is 0 Å². The van der Waals surface area contributed by atoms with Crippen LogP contribution in [0.2, 0.25) is 0 Å². The second-order valence-corrected chi connectivity index (χ2v) is 4.80. The molecule has 0 saturated heterocycles. The molecule has 0 spiro atoms. The molecule has 1 unspecified atom stereocenters. The van der Waals surface area contributed by atoms with E-state index in [2.05, 4.69) is 9.47 Å². The van der Waals surface area contributed by atoms with Crippen molar-refractivity contribution in [2.75, 3.05) is 14.2 Å². The van der Waals surface area contributed by atoms with Gasteiger partial charge in [-0.1, -0.05) is 20.8 Å². The van der Waals surface area contributed by atoms with Crippen LogP contribution in [0.25, 0.3) is 0 Å². The van der Waals surface area contributed by atoms with Crippen molar-refractivity contribution in [1.82, 2.24) is 0 Å². The van der Waals surface area contributed by atoms with E-state index in [1.165, 1.54) is 14.2 Å². The second kappa shape index (κ2) is 6.37. The average molecular weight is 244 g/mol. The monoisotopic (exact) mass is 244 g/mol. The Kier molecular flexibility index (Phi) is 5.85. The van der Waals surface area contributed by atoms with E-state index >= 15 is 0 Å². The zero-order valence-corrected chi connectivity index (χ0v) is 11.0. The normalized spacial score (nSPS) is 12.8. The van der Waals surface area contributed by atoms with Gasteiger partial charge in [0.05, 0.1) is 14.2 Å². The van der Waals surface area contributed by atoms with E-state index in [0.717, 1.165) is 0 Å². The van der Waals surface area contributed by atoms with Crippen molar-refractivity contribution >= 4 is 17.7 Å². The Morgan fingerprint density at radius 1 is 1.06 bits per heavy atom. The molecule has 0 aromatic heterocycles. The van der Waals surface area contributed by atoms with Gasteiger partial charge in [-0.05, 0) is 6.42 Å². The molecule has 0 heterocycles. The number of ketones is 1. The topological polar surface area (TPSA) is 69.7 Å². The van der Waals surface area contributed by atoms with Crippen LogP contribution < -0.4 is 0 Å². The number of ether oxygens (including phenoxy) is 2. The maximum atomic E-state index is 12.0. The molecule has 0 amide bonds. The van der Waals surface area contributed by atoms with Gasteiger partial charge in [-0.25, -0.2) is 0 Å². The van der Waals surface area contributed by atoms with Crippen molar-refractivity contribution in [3.8, 4) is 0 Å². The smallest absolute Gasteiger partial charge is 0.316 e. The molecule has 0 aliphatic carbocycles. The first-order valence-corrected chi connectivity index (χ1v) is 5.43. The van der Waals surface area contributed by atoms with Crippen LogP contribution in [0.15, 0.2) is 0 Å². The first kappa shape index (κ1) is 15.6. The zero-order valence-electron chi connectivity index (χ0n) is 11.0. The molecule has 0 aliphatic rings. The summed E-state index contributed by atoms with van der Waals surface area (Å²) in [6.45, 7) is 5.18. The molecule has 0 aromatic carbocycles. The van der Waals surface area contributed by atoms with E-state index in [1.54, 1.807) is 20.8 Å². The summed E-state index contributed by atoms with van der Waals surface area (Å²) in [5, 5.41) is 0. The van der Waals surface area contributed by atoms with Crippen molar-refractivity contribution in [2.45, 2.75) is 33.6 Å². The molecule has 5 heteroatoms. The summed E-state index contributed by atoms with van der Waals surface area (Å²) in [7, 11) is 2.49. The van der Waals surface area contributed by atoms with Crippen LogP contribution in [0.5, 0.6) is 0 Å². The fraction of sp³-hybridized carbons (Fsp3) is 0.750. The van der Waals surface area contributed by atoms with Crippen molar-refractivity contribution in [3.63, 3.8) is 0 Å². The molecule has 1 atom stereocenters. The molecule has 0 aliphatic heterocycles. The van der Waals surface area contributed by atoms with E-state index in [4.69, 9.17) is 0 Å². The SMILES string of the molecule is COC(=O)CCC(C(=O)OC)C(=O)C(C)(C)C. The van der Waals surface area contributed by atoms with Gasteiger partial charge >= 0.3 is 11.9 Å². The number of methoxy groups -OCH3 is 2. The molecule has 17 heavy (non-hydrogen) atoms. The van der Waals surface area contributed by atoms with Gasteiger partial charge in [0.1, 0.15) is 5.92 Å². The Balaban J connectivity index is 4.72. The van der Waals surface area contributed by atoms with Crippen molar-refractivity contribution in [2.24, 2.45) is 11.3 Å². The van der Waals surface area contributed by atoms with E-state index in [9.17, 15) is 14.4 Å². The van der Waals surface area contributed by atoms with Gasteiger partial charge in [0.2, 0.25) is 0 Å². The Morgan fingerprint density at radius 2 is 1.59 bits per heavy atom. The van der Waals surface area contributed by atoms with Crippen molar-refractivity contribution < 1.29 is 23.9 Å². The minimum atomic E-state index is -0.904. The number of hydrogen-bond donors (Lipinski definition) is 0. The number of rotatable bonds is 5. The first-order chi connectivity index (χ1) is 7.73. The molecule has 0 rings (SSSR count). The summed E-state index contributed by atoms with van der Waals surface area (Å²) in [4.78, 5) is 34.5. The van der Waals surface area contributed by atoms with E-state index in [1.807, 2.05) is 0 Å². The van der Waals surface area contributed by atoms with Gasteiger partial charge in [0.15, 0.2) is 5.78 Å². The summed E-state index contributed by atoms with van der Waals surface area (Å²) >= 11 is 0. The molecular weight excluding hydrogens is 224 g/mol. The maximum Gasteiger partial charge on any atom is 0.316 e. The molecule has 0 aromatic rings. The van der Waals surface area contributed by atoms with Crippen molar-refractivity contribution in [3.05, 3.63) is 0 Å². The van der Waals surface area contributed by atoms with Crippen LogP contribution in [0.3, 0.4) is 0 Å². The standard InChI is InChI=1S/C12H20O5/c1-12(2,3)10(14)8(11(15)17-5)6-7-9(13)16-4/h8H,6-7H2,1-5H3.